The topological polar surface area (TPSA) is 129 Å². The lowest BCUT2D eigenvalue weighted by molar-refractivity contribution is -0.383. The van der Waals surface area contributed by atoms with E-state index in [1.807, 2.05) is 42.5 Å². The number of nitro groups is 1. The molecule has 0 aliphatic carbocycles. The van der Waals surface area contributed by atoms with Crippen molar-refractivity contribution in [2.24, 2.45) is 0 Å². The molecule has 0 saturated heterocycles. The van der Waals surface area contributed by atoms with Gasteiger partial charge < -0.3 is 11.2 Å². The van der Waals surface area contributed by atoms with Gasteiger partial charge in [0.05, 0.1) is 10.7 Å². The average Bonchev–Trinajstić information content (AvgIpc) is 3.12. The third-order valence-electron chi connectivity index (χ3n) is 4.67. The summed E-state index contributed by atoms with van der Waals surface area (Å²) in [5.74, 6) is 6.29. The predicted octanol–water partition coefficient (Wildman–Crippen LogP) is 3.37. The zero-order chi connectivity index (χ0) is 21.8. The number of hydrogen-bond donors (Lipinski definition) is 2. The van der Waals surface area contributed by atoms with Crippen molar-refractivity contribution in [1.82, 2.24) is 14.9 Å². The van der Waals surface area contributed by atoms with Crippen LogP contribution in [0.1, 0.15) is 11.4 Å². The van der Waals surface area contributed by atoms with Crippen molar-refractivity contribution in [1.29, 1.82) is 0 Å². The fourth-order valence-electron chi connectivity index (χ4n) is 3.20. The fraction of sp³-hybridized carbons (Fsp3) is 0.0952. The lowest BCUT2D eigenvalue weighted by Gasteiger charge is -2.07. The summed E-state index contributed by atoms with van der Waals surface area (Å²) in [5.41, 5.74) is 1.05. The zero-order valence-corrected chi connectivity index (χ0v) is 17.1. The number of thioether (sulfide) groups is 1. The van der Waals surface area contributed by atoms with E-state index in [0.717, 1.165) is 28.1 Å². The molecule has 1 amide bonds. The molecule has 3 N–H and O–H groups in total. The van der Waals surface area contributed by atoms with Crippen molar-refractivity contribution >= 4 is 39.8 Å². The van der Waals surface area contributed by atoms with Gasteiger partial charge in [0.2, 0.25) is 11.1 Å². The molecule has 1 aromatic heterocycles. The van der Waals surface area contributed by atoms with E-state index in [0.29, 0.717) is 17.4 Å². The molecule has 0 saturated carbocycles. The minimum Gasteiger partial charge on any atom is -0.336 e. The number of amides is 1. The second-order valence-electron chi connectivity index (χ2n) is 6.69. The lowest BCUT2D eigenvalue weighted by atomic mass is 10.0. The molecular weight excluding hydrogens is 416 g/mol. The van der Waals surface area contributed by atoms with Gasteiger partial charge in [-0.05, 0) is 22.4 Å². The van der Waals surface area contributed by atoms with Crippen LogP contribution in [0, 0.1) is 10.1 Å². The molecule has 0 spiro atoms. The van der Waals surface area contributed by atoms with Crippen molar-refractivity contribution in [3.63, 3.8) is 0 Å². The maximum Gasteiger partial charge on any atom is 0.292 e. The van der Waals surface area contributed by atoms with E-state index in [9.17, 15) is 14.9 Å². The number of fused-ring (bicyclic) bond motifs is 1. The van der Waals surface area contributed by atoms with Crippen molar-refractivity contribution in [3.05, 3.63) is 88.2 Å². The molecular formula is C21H18N6O3S. The standard InChI is InChI=1S/C21H18N6O3S/c22-26-19(12-15-8-5-7-14-6-1-2-9-16(14)15)24-25-21(26)31-13-20(28)23-17-10-3-4-11-18(17)27(29)30/h1-11H,12-13,22H2,(H,23,28). The number of para-hydroxylation sites is 2. The number of nitrogens with one attached hydrogen (secondary N) is 1. The smallest absolute Gasteiger partial charge is 0.292 e. The molecule has 9 nitrogen and oxygen atoms in total. The van der Waals surface area contributed by atoms with E-state index in [1.165, 1.54) is 22.9 Å². The molecule has 0 radical (unpaired) electrons. The first kappa shape index (κ1) is 20.4. The Morgan fingerprint density at radius 3 is 2.65 bits per heavy atom. The first-order chi connectivity index (χ1) is 15.0. The fourth-order valence-corrected chi connectivity index (χ4v) is 3.87. The third kappa shape index (κ3) is 4.48. The Balaban J connectivity index is 1.43. The first-order valence-electron chi connectivity index (χ1n) is 9.35. The van der Waals surface area contributed by atoms with Gasteiger partial charge in [0.15, 0.2) is 5.82 Å². The molecule has 0 atom stereocenters. The van der Waals surface area contributed by atoms with Gasteiger partial charge in [-0.3, -0.25) is 14.9 Å². The predicted molar refractivity (Wildman–Crippen MR) is 119 cm³/mol. The normalized spacial score (nSPS) is 10.8. The minimum atomic E-state index is -0.543. The maximum atomic E-state index is 12.3. The number of nitrogen functional groups attached to an aromatic ring is 1. The van der Waals surface area contributed by atoms with Crippen molar-refractivity contribution < 1.29 is 9.72 Å². The van der Waals surface area contributed by atoms with Crippen LogP contribution in [0.25, 0.3) is 10.8 Å². The molecule has 10 heteroatoms. The second kappa shape index (κ2) is 8.84. The van der Waals surface area contributed by atoms with Gasteiger partial charge in [0, 0.05) is 12.5 Å². The van der Waals surface area contributed by atoms with Crippen LogP contribution in [-0.2, 0) is 11.2 Å². The maximum absolute atomic E-state index is 12.3. The highest BCUT2D eigenvalue weighted by Crippen LogP contribution is 2.25. The molecule has 3 aromatic carbocycles. The quantitative estimate of drug-likeness (QED) is 0.197. The summed E-state index contributed by atoms with van der Waals surface area (Å²) in [6, 6.07) is 20.1. The summed E-state index contributed by atoms with van der Waals surface area (Å²) >= 11 is 1.11. The Kier molecular flexibility index (Phi) is 5.80. The average molecular weight is 434 g/mol. The number of nitrogens with zero attached hydrogens (tertiary/aromatic N) is 4. The second-order valence-corrected chi connectivity index (χ2v) is 7.64. The molecule has 0 fully saturated rings. The summed E-state index contributed by atoms with van der Waals surface area (Å²) in [4.78, 5) is 22.8. The number of aromatic nitrogens is 3. The van der Waals surface area contributed by atoms with Crippen molar-refractivity contribution in [3.8, 4) is 0 Å². The van der Waals surface area contributed by atoms with Crippen LogP contribution in [0.4, 0.5) is 11.4 Å². The summed E-state index contributed by atoms with van der Waals surface area (Å²) < 4.78 is 1.37. The molecule has 4 rings (SSSR count). The molecule has 0 unspecified atom stereocenters. The highest BCUT2D eigenvalue weighted by atomic mass is 32.2. The Morgan fingerprint density at radius 1 is 1.06 bits per heavy atom. The molecule has 4 aromatic rings. The third-order valence-corrected chi connectivity index (χ3v) is 5.61. The van der Waals surface area contributed by atoms with E-state index < -0.39 is 10.8 Å². The number of rotatable bonds is 7. The van der Waals surface area contributed by atoms with Crippen LogP contribution in [0.5, 0.6) is 0 Å². The van der Waals surface area contributed by atoms with Gasteiger partial charge in [-0.25, -0.2) is 4.68 Å². The van der Waals surface area contributed by atoms with Gasteiger partial charge >= 0.3 is 0 Å². The summed E-state index contributed by atoms with van der Waals surface area (Å²) in [7, 11) is 0. The van der Waals surface area contributed by atoms with Crippen LogP contribution in [0.3, 0.4) is 0 Å². The number of anilines is 1. The lowest BCUT2D eigenvalue weighted by Crippen LogP contribution is -2.18. The van der Waals surface area contributed by atoms with E-state index in [-0.39, 0.29) is 17.1 Å². The minimum absolute atomic E-state index is 0.0182. The first-order valence-corrected chi connectivity index (χ1v) is 10.3. The Hall–Kier alpha value is -3.92. The van der Waals surface area contributed by atoms with Gasteiger partial charge in [-0.1, -0.05) is 66.4 Å². The van der Waals surface area contributed by atoms with Crippen molar-refractivity contribution in [2.45, 2.75) is 11.6 Å². The zero-order valence-electron chi connectivity index (χ0n) is 16.3. The molecule has 156 valence electrons. The van der Waals surface area contributed by atoms with Gasteiger partial charge in [0.25, 0.3) is 5.69 Å². The summed E-state index contributed by atoms with van der Waals surface area (Å²) in [5, 5.41) is 24.5. The Labute approximate surface area is 181 Å². The number of benzene rings is 3. The van der Waals surface area contributed by atoms with Crippen LogP contribution < -0.4 is 11.2 Å². The van der Waals surface area contributed by atoms with E-state index in [4.69, 9.17) is 5.84 Å². The van der Waals surface area contributed by atoms with Gasteiger partial charge in [0.1, 0.15) is 5.69 Å². The number of nitro benzene ring substituents is 1. The molecule has 1 heterocycles. The summed E-state index contributed by atoms with van der Waals surface area (Å²) in [6.07, 6.45) is 0.494. The number of carbonyl (C=O) groups excluding carboxylic acids is 1. The van der Waals surface area contributed by atoms with Gasteiger partial charge in [-0.15, -0.1) is 10.2 Å². The van der Waals surface area contributed by atoms with Crippen LogP contribution in [0.15, 0.2) is 71.9 Å². The van der Waals surface area contributed by atoms with Crippen molar-refractivity contribution in [2.75, 3.05) is 16.9 Å². The molecule has 0 aliphatic rings. The SMILES string of the molecule is Nn1c(Cc2cccc3ccccc23)nnc1SCC(=O)Nc1ccccc1[N+](=O)[O-]. The molecule has 0 bridgehead atoms. The van der Waals surface area contributed by atoms with Crippen LogP contribution >= 0.6 is 11.8 Å². The Bertz CT molecular complexity index is 1270. The molecule has 31 heavy (non-hydrogen) atoms. The number of nitrogens with two attached hydrogens (primary N) is 1. The van der Waals surface area contributed by atoms with E-state index in [2.05, 4.69) is 15.5 Å². The van der Waals surface area contributed by atoms with E-state index in [1.54, 1.807) is 6.07 Å². The van der Waals surface area contributed by atoms with Crippen LogP contribution in [0.2, 0.25) is 0 Å². The highest BCUT2D eigenvalue weighted by Gasteiger charge is 2.17. The largest absolute Gasteiger partial charge is 0.336 e. The Morgan fingerprint density at radius 2 is 1.81 bits per heavy atom. The van der Waals surface area contributed by atoms with E-state index >= 15 is 0 Å². The van der Waals surface area contributed by atoms with Crippen LogP contribution in [-0.4, -0.2) is 31.5 Å². The monoisotopic (exact) mass is 434 g/mol. The van der Waals surface area contributed by atoms with Gasteiger partial charge in [-0.2, -0.15) is 0 Å². The molecule has 0 aliphatic heterocycles. The summed E-state index contributed by atoms with van der Waals surface area (Å²) in [6.45, 7) is 0. The number of hydrogen-bond acceptors (Lipinski definition) is 7. The number of carbonyl (C=O) groups is 1. The highest BCUT2D eigenvalue weighted by molar-refractivity contribution is 7.99.